The van der Waals surface area contributed by atoms with Crippen LogP contribution in [0.4, 0.5) is 0 Å². The third kappa shape index (κ3) is 26.7. The molecule has 0 aliphatic heterocycles. The van der Waals surface area contributed by atoms with Gasteiger partial charge in [0, 0.05) is 12.8 Å². The molecule has 0 bridgehead atoms. The lowest BCUT2D eigenvalue weighted by Crippen LogP contribution is -2.37. The van der Waals surface area contributed by atoms with Gasteiger partial charge >= 0.3 is 11.9 Å². The molecule has 0 aromatic rings. The lowest BCUT2D eigenvalue weighted by Gasteiger charge is -2.28. The summed E-state index contributed by atoms with van der Waals surface area (Å²) in [6.07, 6.45) is 20.4. The lowest BCUT2D eigenvalue weighted by molar-refractivity contribution is -0.870. The summed E-state index contributed by atoms with van der Waals surface area (Å²) in [5.41, 5.74) is 0. The number of rotatable bonds is 26. The summed E-state index contributed by atoms with van der Waals surface area (Å²) in [5.74, 6) is -0.898. The van der Waals surface area contributed by atoms with Gasteiger partial charge < -0.3 is 27.9 Å². The zero-order valence-electron chi connectivity index (χ0n) is 25.8. The fourth-order valence-electron chi connectivity index (χ4n) is 3.47. The van der Waals surface area contributed by atoms with E-state index in [1.807, 2.05) is 28.1 Å². The molecule has 0 radical (unpaired) electrons. The molecule has 2 atom stereocenters. The van der Waals surface area contributed by atoms with Gasteiger partial charge in [0.1, 0.15) is 19.8 Å². The van der Waals surface area contributed by atoms with Crippen molar-refractivity contribution in [3.63, 3.8) is 0 Å². The van der Waals surface area contributed by atoms with E-state index in [4.69, 9.17) is 18.5 Å². The Hall–Kier alpha value is -1.51. The van der Waals surface area contributed by atoms with Crippen molar-refractivity contribution in [2.75, 3.05) is 47.5 Å². The zero-order chi connectivity index (χ0) is 30.1. The average Bonchev–Trinajstić information content (AvgIpc) is 2.88. The quantitative estimate of drug-likeness (QED) is 0.0382. The Morgan fingerprint density at radius 3 is 2.02 bits per heavy atom. The maximum absolute atomic E-state index is 12.4. The van der Waals surface area contributed by atoms with Crippen LogP contribution in [-0.4, -0.2) is 70.0 Å². The Morgan fingerprint density at radius 2 is 1.38 bits per heavy atom. The van der Waals surface area contributed by atoms with Gasteiger partial charge in [-0.1, -0.05) is 76.7 Å². The summed E-state index contributed by atoms with van der Waals surface area (Å²) in [4.78, 5) is 36.4. The van der Waals surface area contributed by atoms with Crippen LogP contribution in [-0.2, 0) is 32.7 Å². The molecule has 40 heavy (non-hydrogen) atoms. The largest absolute Gasteiger partial charge is 0.756 e. The fraction of sp³-hybridized carbons (Fsp3) is 0.800. The summed E-state index contributed by atoms with van der Waals surface area (Å²) in [6, 6.07) is 0. The van der Waals surface area contributed by atoms with Crippen molar-refractivity contribution in [2.24, 2.45) is 0 Å². The molecule has 0 aliphatic carbocycles. The minimum absolute atomic E-state index is 0.0342. The first-order valence-electron chi connectivity index (χ1n) is 15.0. The first-order valence-corrected chi connectivity index (χ1v) is 16.5. The predicted octanol–water partition coefficient (Wildman–Crippen LogP) is 6.26. The summed E-state index contributed by atoms with van der Waals surface area (Å²) < 4.78 is 33.1. The number of unbranched alkanes of at least 4 members (excludes halogenated alkanes) is 8. The van der Waals surface area contributed by atoms with E-state index in [1.165, 1.54) is 12.8 Å². The molecule has 0 aliphatic rings. The number of carbonyl (C=O) groups excluding carboxylic acids is 2. The Bertz CT molecular complexity index is 763. The van der Waals surface area contributed by atoms with Crippen molar-refractivity contribution in [3.8, 4) is 0 Å². The van der Waals surface area contributed by atoms with Gasteiger partial charge in [0.25, 0.3) is 7.82 Å². The first-order chi connectivity index (χ1) is 19.0. The molecular formula is C30H56NO8P. The van der Waals surface area contributed by atoms with E-state index in [9.17, 15) is 19.0 Å². The number of ether oxygens (including phenoxy) is 2. The molecule has 2 unspecified atom stereocenters. The second-order valence-corrected chi connectivity index (χ2v) is 12.5. The highest BCUT2D eigenvalue weighted by molar-refractivity contribution is 7.45. The number of quaternary nitrogens is 1. The van der Waals surface area contributed by atoms with Crippen molar-refractivity contribution in [1.82, 2.24) is 0 Å². The molecule has 234 valence electrons. The summed E-state index contributed by atoms with van der Waals surface area (Å²) in [7, 11) is 1.14. The number of esters is 2. The molecule has 0 aromatic heterocycles. The Balaban J connectivity index is 4.36. The van der Waals surface area contributed by atoms with Crippen LogP contribution in [0, 0.1) is 0 Å². The van der Waals surface area contributed by atoms with Crippen molar-refractivity contribution < 1.29 is 42.1 Å². The van der Waals surface area contributed by atoms with Gasteiger partial charge in [-0.25, -0.2) is 0 Å². The molecule has 0 aromatic carbocycles. The Morgan fingerprint density at radius 1 is 0.775 bits per heavy atom. The Labute approximate surface area is 243 Å². The molecule has 9 nitrogen and oxygen atoms in total. The molecule has 0 saturated heterocycles. The van der Waals surface area contributed by atoms with Gasteiger partial charge in [0.05, 0.1) is 27.7 Å². The van der Waals surface area contributed by atoms with E-state index in [0.29, 0.717) is 23.9 Å². The van der Waals surface area contributed by atoms with Crippen LogP contribution in [0.5, 0.6) is 0 Å². The number of phosphoric ester groups is 1. The SMILES string of the molecule is CCCC/C=C\C/C=C\CCCCCCCC(=O)OC(COC(=O)CCCC)COP(=O)([O-])OCC[N+](C)(C)C. The highest BCUT2D eigenvalue weighted by atomic mass is 31.2. The van der Waals surface area contributed by atoms with Gasteiger partial charge in [-0.15, -0.1) is 0 Å². The molecule has 0 heterocycles. The second kappa shape index (κ2) is 24.1. The summed E-state index contributed by atoms with van der Waals surface area (Å²) in [6.45, 7) is 3.85. The van der Waals surface area contributed by atoms with Crippen LogP contribution in [0.1, 0.15) is 104 Å². The number of phosphoric acid groups is 1. The standard InChI is InChI=1S/C30H56NO8P/c1-6-8-10-11-12-13-14-15-16-17-18-19-20-21-23-30(33)39-28(26-36-29(32)22-9-7-2)27-38-40(34,35)37-25-24-31(3,4)5/h11-12,14-15,28H,6-10,13,16-27H2,1-5H3/b12-11-,15-14-. The number of allylic oxidation sites excluding steroid dienone is 4. The molecule has 0 N–H and O–H groups in total. The minimum Gasteiger partial charge on any atom is -0.756 e. The Kier molecular flexibility index (Phi) is 23.2. The smallest absolute Gasteiger partial charge is 0.306 e. The van der Waals surface area contributed by atoms with Gasteiger partial charge in [-0.3, -0.25) is 14.2 Å². The van der Waals surface area contributed by atoms with Gasteiger partial charge in [0.2, 0.25) is 0 Å². The summed E-state index contributed by atoms with van der Waals surface area (Å²) in [5, 5.41) is 0. The number of likely N-dealkylation sites (N-methyl/N-ethyl adjacent to an activating group) is 1. The minimum atomic E-state index is -4.59. The summed E-state index contributed by atoms with van der Waals surface area (Å²) >= 11 is 0. The monoisotopic (exact) mass is 589 g/mol. The van der Waals surface area contributed by atoms with Crippen LogP contribution in [0.15, 0.2) is 24.3 Å². The molecule has 0 spiro atoms. The number of hydrogen-bond donors (Lipinski definition) is 0. The van der Waals surface area contributed by atoms with Crippen LogP contribution in [0.3, 0.4) is 0 Å². The fourth-order valence-corrected chi connectivity index (χ4v) is 4.20. The van der Waals surface area contributed by atoms with E-state index in [0.717, 1.165) is 51.4 Å². The van der Waals surface area contributed by atoms with Crippen LogP contribution in [0.2, 0.25) is 0 Å². The lowest BCUT2D eigenvalue weighted by atomic mass is 10.1. The molecule has 0 rings (SSSR count). The molecule has 0 amide bonds. The van der Waals surface area contributed by atoms with Crippen molar-refractivity contribution in [1.29, 1.82) is 0 Å². The molecule has 0 saturated carbocycles. The van der Waals surface area contributed by atoms with E-state index in [1.54, 1.807) is 0 Å². The predicted molar refractivity (Wildman–Crippen MR) is 158 cm³/mol. The van der Waals surface area contributed by atoms with E-state index < -0.39 is 32.5 Å². The van der Waals surface area contributed by atoms with E-state index in [-0.39, 0.29) is 26.1 Å². The third-order valence-corrected chi connectivity index (χ3v) is 6.94. The molecule has 10 heteroatoms. The maximum atomic E-state index is 12.4. The number of nitrogens with zero attached hydrogens (tertiary/aromatic N) is 1. The topological polar surface area (TPSA) is 111 Å². The van der Waals surface area contributed by atoms with Gasteiger partial charge in [0.15, 0.2) is 6.10 Å². The zero-order valence-corrected chi connectivity index (χ0v) is 26.7. The van der Waals surface area contributed by atoms with Gasteiger partial charge in [-0.2, -0.15) is 0 Å². The van der Waals surface area contributed by atoms with E-state index >= 15 is 0 Å². The van der Waals surface area contributed by atoms with Crippen LogP contribution < -0.4 is 4.89 Å². The maximum Gasteiger partial charge on any atom is 0.306 e. The molecular weight excluding hydrogens is 533 g/mol. The first kappa shape index (κ1) is 38.5. The number of carbonyl (C=O) groups is 2. The van der Waals surface area contributed by atoms with Crippen LogP contribution >= 0.6 is 7.82 Å². The van der Waals surface area contributed by atoms with Crippen molar-refractivity contribution >= 4 is 19.8 Å². The second-order valence-electron chi connectivity index (χ2n) is 11.1. The highest BCUT2D eigenvalue weighted by Crippen LogP contribution is 2.38. The van der Waals surface area contributed by atoms with Crippen LogP contribution in [0.25, 0.3) is 0 Å². The number of hydrogen-bond acceptors (Lipinski definition) is 8. The third-order valence-electron chi connectivity index (χ3n) is 5.97. The average molecular weight is 590 g/mol. The van der Waals surface area contributed by atoms with E-state index in [2.05, 4.69) is 31.2 Å². The molecule has 0 fully saturated rings. The normalized spacial score (nSPS) is 14.4. The van der Waals surface area contributed by atoms with Gasteiger partial charge in [-0.05, 0) is 38.5 Å². The van der Waals surface area contributed by atoms with Crippen molar-refractivity contribution in [2.45, 2.75) is 110 Å². The van der Waals surface area contributed by atoms with Crippen molar-refractivity contribution in [3.05, 3.63) is 24.3 Å². The highest BCUT2D eigenvalue weighted by Gasteiger charge is 2.21.